The van der Waals surface area contributed by atoms with E-state index < -0.39 is 0 Å². The lowest BCUT2D eigenvalue weighted by Gasteiger charge is -2.19. The molecule has 20 heavy (non-hydrogen) atoms. The average molecular weight is 278 g/mol. The fourth-order valence-electron chi connectivity index (χ4n) is 2.15. The number of nitrogens with zero attached hydrogens (tertiary/aromatic N) is 1. The third kappa shape index (κ3) is 5.61. The first-order valence-corrected chi connectivity index (χ1v) is 7.39. The second-order valence-corrected chi connectivity index (χ2v) is 5.09. The third-order valence-corrected chi connectivity index (χ3v) is 3.51. The third-order valence-electron chi connectivity index (χ3n) is 3.51. The standard InChI is InChI=1S/C16H26N2O2/c1-4-18(5-2)12-6-7-13(3)17-16(20)14-8-10-15(19)11-9-14/h8-11,13,19H,4-7,12H2,1-3H3,(H,17,20). The molecule has 0 bridgehead atoms. The molecule has 1 unspecified atom stereocenters. The van der Waals surface area contributed by atoms with Gasteiger partial charge in [0.15, 0.2) is 0 Å². The van der Waals surface area contributed by atoms with Crippen molar-refractivity contribution in [2.24, 2.45) is 0 Å². The minimum Gasteiger partial charge on any atom is -0.508 e. The molecule has 112 valence electrons. The van der Waals surface area contributed by atoms with Gasteiger partial charge in [-0.15, -0.1) is 0 Å². The maximum absolute atomic E-state index is 12.0. The van der Waals surface area contributed by atoms with E-state index in [-0.39, 0.29) is 17.7 Å². The zero-order valence-corrected chi connectivity index (χ0v) is 12.7. The Hall–Kier alpha value is -1.55. The van der Waals surface area contributed by atoms with Gasteiger partial charge in [0.05, 0.1) is 0 Å². The number of phenolic OH excluding ortho intramolecular Hbond substituents is 1. The largest absolute Gasteiger partial charge is 0.508 e. The molecule has 0 saturated heterocycles. The maximum atomic E-state index is 12.0. The summed E-state index contributed by atoms with van der Waals surface area (Å²) in [6.45, 7) is 9.58. The van der Waals surface area contributed by atoms with Gasteiger partial charge in [-0.1, -0.05) is 13.8 Å². The normalized spacial score (nSPS) is 12.4. The molecule has 1 atom stereocenters. The molecule has 2 N–H and O–H groups in total. The van der Waals surface area contributed by atoms with E-state index in [0.29, 0.717) is 5.56 Å². The van der Waals surface area contributed by atoms with Crippen molar-refractivity contribution >= 4 is 5.91 Å². The van der Waals surface area contributed by atoms with E-state index in [1.54, 1.807) is 12.1 Å². The van der Waals surface area contributed by atoms with E-state index in [9.17, 15) is 9.90 Å². The van der Waals surface area contributed by atoms with Crippen molar-refractivity contribution in [1.29, 1.82) is 0 Å². The van der Waals surface area contributed by atoms with Crippen LogP contribution in [0.2, 0.25) is 0 Å². The quantitative estimate of drug-likeness (QED) is 0.768. The summed E-state index contributed by atoms with van der Waals surface area (Å²) in [6.07, 6.45) is 2.05. The molecular formula is C16H26N2O2. The van der Waals surface area contributed by atoms with Gasteiger partial charge in [-0.2, -0.15) is 0 Å². The number of hydrogen-bond acceptors (Lipinski definition) is 3. The van der Waals surface area contributed by atoms with Crippen LogP contribution in [0.15, 0.2) is 24.3 Å². The first kappa shape index (κ1) is 16.5. The molecule has 0 saturated carbocycles. The van der Waals surface area contributed by atoms with E-state index in [1.165, 1.54) is 12.1 Å². The summed E-state index contributed by atoms with van der Waals surface area (Å²) in [6, 6.07) is 6.48. The van der Waals surface area contributed by atoms with Crippen molar-refractivity contribution in [2.75, 3.05) is 19.6 Å². The SMILES string of the molecule is CCN(CC)CCCC(C)NC(=O)c1ccc(O)cc1. The van der Waals surface area contributed by atoms with Crippen LogP contribution in [0, 0.1) is 0 Å². The predicted molar refractivity (Wildman–Crippen MR) is 82.1 cm³/mol. The summed E-state index contributed by atoms with van der Waals surface area (Å²) in [5, 5.41) is 12.2. The van der Waals surface area contributed by atoms with Gasteiger partial charge in [-0.05, 0) is 63.7 Å². The van der Waals surface area contributed by atoms with Crippen molar-refractivity contribution in [3.63, 3.8) is 0 Å². The Morgan fingerprint density at radius 3 is 2.40 bits per heavy atom. The lowest BCUT2D eigenvalue weighted by Crippen LogP contribution is -2.33. The second-order valence-electron chi connectivity index (χ2n) is 5.09. The minimum absolute atomic E-state index is 0.0830. The van der Waals surface area contributed by atoms with Gasteiger partial charge in [0.2, 0.25) is 0 Å². The summed E-state index contributed by atoms with van der Waals surface area (Å²) < 4.78 is 0. The number of benzene rings is 1. The van der Waals surface area contributed by atoms with E-state index in [4.69, 9.17) is 0 Å². The fourth-order valence-corrected chi connectivity index (χ4v) is 2.15. The van der Waals surface area contributed by atoms with Gasteiger partial charge >= 0.3 is 0 Å². The predicted octanol–water partition coefficient (Wildman–Crippen LogP) is 2.63. The summed E-state index contributed by atoms with van der Waals surface area (Å²) in [4.78, 5) is 14.4. The topological polar surface area (TPSA) is 52.6 Å². The van der Waals surface area contributed by atoms with E-state index in [1.807, 2.05) is 6.92 Å². The van der Waals surface area contributed by atoms with Gasteiger partial charge in [0.1, 0.15) is 5.75 Å². The summed E-state index contributed by atoms with van der Waals surface area (Å²) in [5.74, 6) is 0.0918. The van der Waals surface area contributed by atoms with Gasteiger partial charge in [0.25, 0.3) is 5.91 Å². The minimum atomic E-state index is -0.0830. The van der Waals surface area contributed by atoms with Crippen LogP contribution in [-0.4, -0.2) is 41.6 Å². The summed E-state index contributed by atoms with van der Waals surface area (Å²) in [5.41, 5.74) is 0.582. The Bertz CT molecular complexity index is 399. The Kier molecular flexibility index (Phi) is 7.09. The number of hydrogen-bond donors (Lipinski definition) is 2. The Morgan fingerprint density at radius 1 is 1.25 bits per heavy atom. The Labute approximate surface area is 121 Å². The number of carbonyl (C=O) groups excluding carboxylic acids is 1. The van der Waals surface area contributed by atoms with Crippen molar-refractivity contribution in [2.45, 2.75) is 39.7 Å². The molecule has 1 amide bonds. The highest BCUT2D eigenvalue weighted by molar-refractivity contribution is 5.94. The van der Waals surface area contributed by atoms with Gasteiger partial charge < -0.3 is 15.3 Å². The maximum Gasteiger partial charge on any atom is 0.251 e. The van der Waals surface area contributed by atoms with Gasteiger partial charge in [-0.25, -0.2) is 0 Å². The molecule has 0 fully saturated rings. The molecule has 4 heteroatoms. The lowest BCUT2D eigenvalue weighted by molar-refractivity contribution is 0.0937. The highest BCUT2D eigenvalue weighted by Crippen LogP contribution is 2.10. The highest BCUT2D eigenvalue weighted by Gasteiger charge is 2.10. The zero-order valence-electron chi connectivity index (χ0n) is 12.7. The van der Waals surface area contributed by atoms with E-state index in [0.717, 1.165) is 32.5 Å². The first-order chi connectivity index (χ1) is 9.56. The van der Waals surface area contributed by atoms with Crippen LogP contribution in [0.3, 0.4) is 0 Å². The average Bonchev–Trinajstić information content (AvgIpc) is 2.44. The Balaban J connectivity index is 2.33. The van der Waals surface area contributed by atoms with Crippen LogP contribution in [0.1, 0.15) is 44.0 Å². The molecular weight excluding hydrogens is 252 g/mol. The van der Waals surface area contributed by atoms with Crippen molar-refractivity contribution in [3.8, 4) is 5.75 Å². The van der Waals surface area contributed by atoms with Crippen LogP contribution in [0.5, 0.6) is 5.75 Å². The molecule has 1 rings (SSSR count). The highest BCUT2D eigenvalue weighted by atomic mass is 16.3. The summed E-state index contributed by atoms with van der Waals surface area (Å²) >= 11 is 0. The van der Waals surface area contributed by atoms with Crippen molar-refractivity contribution in [3.05, 3.63) is 29.8 Å². The van der Waals surface area contributed by atoms with Crippen LogP contribution in [-0.2, 0) is 0 Å². The molecule has 0 aliphatic rings. The molecule has 0 radical (unpaired) electrons. The van der Waals surface area contributed by atoms with Crippen LogP contribution >= 0.6 is 0 Å². The molecule has 0 heterocycles. The smallest absolute Gasteiger partial charge is 0.251 e. The monoisotopic (exact) mass is 278 g/mol. The molecule has 0 aliphatic carbocycles. The molecule has 1 aromatic rings. The van der Waals surface area contributed by atoms with E-state index in [2.05, 4.69) is 24.1 Å². The molecule has 4 nitrogen and oxygen atoms in total. The van der Waals surface area contributed by atoms with Crippen LogP contribution < -0.4 is 5.32 Å². The number of aromatic hydroxyl groups is 1. The summed E-state index contributed by atoms with van der Waals surface area (Å²) in [7, 11) is 0. The number of amides is 1. The first-order valence-electron chi connectivity index (χ1n) is 7.39. The van der Waals surface area contributed by atoms with Gasteiger partial charge in [0, 0.05) is 11.6 Å². The number of carbonyl (C=O) groups is 1. The van der Waals surface area contributed by atoms with Crippen LogP contribution in [0.4, 0.5) is 0 Å². The number of phenols is 1. The lowest BCUT2D eigenvalue weighted by atomic mass is 10.1. The Morgan fingerprint density at radius 2 is 1.85 bits per heavy atom. The number of rotatable bonds is 8. The zero-order chi connectivity index (χ0) is 15.0. The second kappa shape index (κ2) is 8.59. The van der Waals surface area contributed by atoms with Crippen molar-refractivity contribution < 1.29 is 9.90 Å². The number of nitrogens with one attached hydrogen (secondary N) is 1. The molecule has 1 aromatic carbocycles. The molecule has 0 aromatic heterocycles. The van der Waals surface area contributed by atoms with Crippen LogP contribution in [0.25, 0.3) is 0 Å². The van der Waals surface area contributed by atoms with E-state index >= 15 is 0 Å². The van der Waals surface area contributed by atoms with Gasteiger partial charge in [-0.3, -0.25) is 4.79 Å². The molecule has 0 aliphatic heterocycles. The molecule has 0 spiro atoms. The fraction of sp³-hybridized carbons (Fsp3) is 0.562. The van der Waals surface area contributed by atoms with Crippen molar-refractivity contribution in [1.82, 2.24) is 10.2 Å².